The second-order valence-corrected chi connectivity index (χ2v) is 4.59. The SMILES string of the molecule is O=C(/C=C\c1ccc(OC(F)F)cc1OC(F)F)NCc1ccco1. The van der Waals surface area contributed by atoms with E-state index in [-0.39, 0.29) is 17.9 Å². The highest BCUT2D eigenvalue weighted by Crippen LogP contribution is 2.28. The van der Waals surface area contributed by atoms with Crippen LogP contribution >= 0.6 is 0 Å². The lowest BCUT2D eigenvalue weighted by Crippen LogP contribution is -2.19. The zero-order valence-electron chi connectivity index (χ0n) is 12.6. The molecule has 0 atom stereocenters. The molecular formula is C16H13F4NO4. The highest BCUT2D eigenvalue weighted by Gasteiger charge is 2.12. The highest BCUT2D eigenvalue weighted by atomic mass is 19.3. The highest BCUT2D eigenvalue weighted by molar-refractivity contribution is 5.92. The van der Waals surface area contributed by atoms with E-state index in [0.717, 1.165) is 18.2 Å². The first kappa shape index (κ1) is 18.4. The van der Waals surface area contributed by atoms with Crippen molar-refractivity contribution in [3.8, 4) is 11.5 Å². The first-order valence-electron chi connectivity index (χ1n) is 6.96. The molecule has 0 unspecified atom stereocenters. The molecular weight excluding hydrogens is 346 g/mol. The molecule has 0 fully saturated rings. The molecule has 5 nitrogen and oxygen atoms in total. The van der Waals surface area contributed by atoms with Crippen molar-refractivity contribution < 1.29 is 36.2 Å². The zero-order chi connectivity index (χ0) is 18.2. The maximum absolute atomic E-state index is 12.4. The average Bonchev–Trinajstić information content (AvgIpc) is 3.04. The van der Waals surface area contributed by atoms with Gasteiger partial charge in [-0.25, -0.2) is 0 Å². The third-order valence-corrected chi connectivity index (χ3v) is 2.86. The lowest BCUT2D eigenvalue weighted by Gasteiger charge is -2.11. The molecule has 0 aliphatic rings. The molecule has 0 spiro atoms. The summed E-state index contributed by atoms with van der Waals surface area (Å²) in [6.07, 6.45) is 3.75. The smallest absolute Gasteiger partial charge is 0.387 e. The van der Waals surface area contributed by atoms with Crippen LogP contribution < -0.4 is 14.8 Å². The number of amides is 1. The van der Waals surface area contributed by atoms with Gasteiger partial charge in [0, 0.05) is 17.7 Å². The largest absolute Gasteiger partial charge is 0.467 e. The second-order valence-electron chi connectivity index (χ2n) is 4.59. The van der Waals surface area contributed by atoms with Crippen LogP contribution in [0.2, 0.25) is 0 Å². The third-order valence-electron chi connectivity index (χ3n) is 2.86. The van der Waals surface area contributed by atoms with Gasteiger partial charge in [-0.1, -0.05) is 0 Å². The number of nitrogens with one attached hydrogen (secondary N) is 1. The van der Waals surface area contributed by atoms with Gasteiger partial charge in [0.1, 0.15) is 17.3 Å². The van der Waals surface area contributed by atoms with Gasteiger partial charge in [-0.05, 0) is 30.3 Å². The molecule has 2 rings (SSSR count). The first-order chi connectivity index (χ1) is 11.9. The number of furan rings is 1. The number of alkyl halides is 4. The number of hydrogen-bond acceptors (Lipinski definition) is 4. The third kappa shape index (κ3) is 6.21. The lowest BCUT2D eigenvalue weighted by atomic mass is 10.1. The van der Waals surface area contributed by atoms with E-state index in [1.807, 2.05) is 0 Å². The van der Waals surface area contributed by atoms with Crippen LogP contribution in [0.1, 0.15) is 11.3 Å². The van der Waals surface area contributed by atoms with E-state index in [4.69, 9.17) is 4.42 Å². The van der Waals surface area contributed by atoms with Crippen LogP contribution in [-0.4, -0.2) is 19.1 Å². The normalized spacial score (nSPS) is 11.3. The Morgan fingerprint density at radius 3 is 2.56 bits per heavy atom. The Balaban J connectivity index is 2.06. The van der Waals surface area contributed by atoms with Crippen LogP contribution in [0.5, 0.6) is 11.5 Å². The van der Waals surface area contributed by atoms with Crippen molar-refractivity contribution in [1.29, 1.82) is 0 Å². The topological polar surface area (TPSA) is 60.7 Å². The molecule has 25 heavy (non-hydrogen) atoms. The van der Waals surface area contributed by atoms with E-state index < -0.39 is 24.9 Å². The fourth-order valence-electron chi connectivity index (χ4n) is 1.84. The van der Waals surface area contributed by atoms with Crippen molar-refractivity contribution in [2.24, 2.45) is 0 Å². The van der Waals surface area contributed by atoms with E-state index in [9.17, 15) is 22.4 Å². The second kappa shape index (κ2) is 8.76. The molecule has 1 N–H and O–H groups in total. The van der Waals surface area contributed by atoms with Crippen molar-refractivity contribution in [3.05, 3.63) is 54.0 Å². The van der Waals surface area contributed by atoms with Crippen molar-refractivity contribution in [1.82, 2.24) is 5.32 Å². The molecule has 1 aromatic carbocycles. The van der Waals surface area contributed by atoms with Gasteiger partial charge in [0.05, 0.1) is 12.8 Å². The van der Waals surface area contributed by atoms with E-state index in [0.29, 0.717) is 5.76 Å². The molecule has 134 valence electrons. The minimum atomic E-state index is -3.17. The van der Waals surface area contributed by atoms with Crippen molar-refractivity contribution in [2.45, 2.75) is 19.8 Å². The minimum absolute atomic E-state index is 0.0927. The molecule has 1 amide bonds. The van der Waals surface area contributed by atoms with Crippen LogP contribution in [0.4, 0.5) is 17.6 Å². The van der Waals surface area contributed by atoms with E-state index in [1.165, 1.54) is 18.4 Å². The zero-order valence-corrected chi connectivity index (χ0v) is 12.6. The Labute approximate surface area is 139 Å². The summed E-state index contributed by atoms with van der Waals surface area (Å²) in [4.78, 5) is 11.7. The summed E-state index contributed by atoms with van der Waals surface area (Å²) in [6, 6.07) is 6.57. The predicted octanol–water partition coefficient (Wildman–Crippen LogP) is 3.81. The molecule has 0 radical (unpaired) electrons. The maximum atomic E-state index is 12.4. The van der Waals surface area contributed by atoms with Crippen LogP contribution in [0.3, 0.4) is 0 Å². The maximum Gasteiger partial charge on any atom is 0.387 e. The summed E-state index contributed by atoms with van der Waals surface area (Å²) in [5.41, 5.74) is 0.0927. The molecule has 2 aromatic rings. The molecule has 1 aromatic heterocycles. The van der Waals surface area contributed by atoms with E-state index in [1.54, 1.807) is 12.1 Å². The van der Waals surface area contributed by atoms with Crippen molar-refractivity contribution in [2.75, 3.05) is 0 Å². The number of hydrogen-bond donors (Lipinski definition) is 1. The number of rotatable bonds is 8. The van der Waals surface area contributed by atoms with E-state index >= 15 is 0 Å². The Kier molecular flexibility index (Phi) is 6.44. The molecule has 9 heteroatoms. The van der Waals surface area contributed by atoms with Gasteiger partial charge in [0.15, 0.2) is 0 Å². The summed E-state index contributed by atoms with van der Waals surface area (Å²) in [5, 5.41) is 2.52. The first-order valence-corrected chi connectivity index (χ1v) is 6.96. The number of carbonyl (C=O) groups is 1. The monoisotopic (exact) mass is 359 g/mol. The van der Waals surface area contributed by atoms with Crippen LogP contribution in [0.25, 0.3) is 6.08 Å². The lowest BCUT2D eigenvalue weighted by molar-refractivity contribution is -0.116. The van der Waals surface area contributed by atoms with Crippen LogP contribution in [0.15, 0.2) is 47.1 Å². The Bertz CT molecular complexity index is 717. The Morgan fingerprint density at radius 2 is 1.92 bits per heavy atom. The van der Waals surface area contributed by atoms with Gasteiger partial charge in [-0.15, -0.1) is 0 Å². The van der Waals surface area contributed by atoms with Crippen molar-refractivity contribution in [3.63, 3.8) is 0 Å². The van der Waals surface area contributed by atoms with E-state index in [2.05, 4.69) is 14.8 Å². The summed E-state index contributed by atoms with van der Waals surface area (Å²) >= 11 is 0. The van der Waals surface area contributed by atoms with Gasteiger partial charge in [0.25, 0.3) is 0 Å². The molecule has 1 heterocycles. The van der Waals surface area contributed by atoms with Gasteiger partial charge >= 0.3 is 13.2 Å². The van der Waals surface area contributed by atoms with Gasteiger partial charge in [-0.2, -0.15) is 17.6 Å². The fourth-order valence-corrected chi connectivity index (χ4v) is 1.84. The number of carbonyl (C=O) groups excluding carboxylic acids is 1. The Hall–Kier alpha value is -2.97. The number of benzene rings is 1. The molecule has 0 saturated carbocycles. The van der Waals surface area contributed by atoms with Gasteiger partial charge in [0.2, 0.25) is 5.91 Å². The minimum Gasteiger partial charge on any atom is -0.467 e. The average molecular weight is 359 g/mol. The Morgan fingerprint density at radius 1 is 1.16 bits per heavy atom. The number of ether oxygens (including phenoxy) is 2. The summed E-state index contributed by atoms with van der Waals surface area (Å²) in [6.45, 7) is -6.12. The summed E-state index contributed by atoms with van der Waals surface area (Å²) in [7, 11) is 0. The van der Waals surface area contributed by atoms with Gasteiger partial charge < -0.3 is 19.2 Å². The molecule has 0 aliphatic carbocycles. The standard InChI is InChI=1S/C16H13F4NO4/c17-15(18)24-11-5-3-10(13(8-11)25-16(19)20)4-6-14(22)21-9-12-2-1-7-23-12/h1-8,15-16H,9H2,(H,21,22)/b6-4-. The summed E-state index contributed by atoms with van der Waals surface area (Å²) < 4.78 is 62.7. The van der Waals surface area contributed by atoms with Gasteiger partial charge in [-0.3, -0.25) is 4.79 Å². The van der Waals surface area contributed by atoms with Crippen LogP contribution in [-0.2, 0) is 11.3 Å². The van der Waals surface area contributed by atoms with Crippen LogP contribution in [0, 0.1) is 0 Å². The fraction of sp³-hybridized carbons (Fsp3) is 0.188. The quantitative estimate of drug-likeness (QED) is 0.575. The predicted molar refractivity (Wildman–Crippen MR) is 79.3 cm³/mol. The molecule has 0 bridgehead atoms. The molecule has 0 aliphatic heterocycles. The summed E-state index contributed by atoms with van der Waals surface area (Å²) in [5.74, 6) is -0.711. The number of halogens is 4. The molecule has 0 saturated heterocycles. The van der Waals surface area contributed by atoms with Crippen molar-refractivity contribution >= 4 is 12.0 Å².